The predicted octanol–water partition coefficient (Wildman–Crippen LogP) is 5.83. The first-order chi connectivity index (χ1) is 15.8. The van der Waals surface area contributed by atoms with Crippen LogP contribution in [0.5, 0.6) is 28.7 Å². The molecule has 0 bridgehead atoms. The van der Waals surface area contributed by atoms with Crippen LogP contribution >= 0.6 is 11.3 Å². The number of benzene rings is 3. The molecule has 0 radical (unpaired) electrons. The summed E-state index contributed by atoms with van der Waals surface area (Å²) in [6.07, 6.45) is -4.47. The Morgan fingerprint density at radius 2 is 1.64 bits per heavy atom. The lowest BCUT2D eigenvalue weighted by Gasteiger charge is -2.18. The molecule has 0 spiro atoms. The van der Waals surface area contributed by atoms with Crippen molar-refractivity contribution in [1.29, 1.82) is 0 Å². The molecule has 0 amide bonds. The smallest absolute Gasteiger partial charge is 0.493 e. The molecular formula is C23H17F2NO6S. The van der Waals surface area contributed by atoms with E-state index in [2.05, 4.69) is 9.72 Å². The largest absolute Gasteiger partial charge is 0.502 e. The van der Waals surface area contributed by atoms with Crippen molar-refractivity contribution in [3.63, 3.8) is 0 Å². The number of hydrogen-bond acceptors (Lipinski definition) is 7. The highest BCUT2D eigenvalue weighted by atomic mass is 32.1. The van der Waals surface area contributed by atoms with Crippen LogP contribution in [0.3, 0.4) is 0 Å². The van der Waals surface area contributed by atoms with Gasteiger partial charge in [0.1, 0.15) is 16.5 Å². The first kappa shape index (κ1) is 22.3. The topological polar surface area (TPSA) is 87.1 Å². The van der Waals surface area contributed by atoms with E-state index < -0.39 is 17.8 Å². The van der Waals surface area contributed by atoms with Crippen molar-refractivity contribution >= 4 is 27.5 Å². The molecule has 1 heterocycles. The van der Waals surface area contributed by atoms with Crippen LogP contribution in [-0.4, -0.2) is 36.4 Å². The minimum absolute atomic E-state index is 0.127. The third-order valence-electron chi connectivity index (χ3n) is 4.53. The number of aromatic nitrogens is 1. The number of alkyl halides is 2. The number of carboxylic acids is 1. The third kappa shape index (κ3) is 4.65. The summed E-state index contributed by atoms with van der Waals surface area (Å²) in [5.74, 6) is -1.88. The quantitative estimate of drug-likeness (QED) is 0.345. The minimum Gasteiger partial charge on any atom is -0.493 e. The molecule has 0 aliphatic carbocycles. The number of carbonyl (C=O) groups is 1. The van der Waals surface area contributed by atoms with Crippen LogP contribution in [0.2, 0.25) is 0 Å². The van der Waals surface area contributed by atoms with E-state index in [0.29, 0.717) is 27.6 Å². The fourth-order valence-corrected chi connectivity index (χ4v) is 3.97. The van der Waals surface area contributed by atoms with E-state index in [-0.39, 0.29) is 11.5 Å². The van der Waals surface area contributed by atoms with Gasteiger partial charge in [0.15, 0.2) is 11.5 Å². The van der Waals surface area contributed by atoms with Crippen molar-refractivity contribution in [3.8, 4) is 39.3 Å². The van der Waals surface area contributed by atoms with Gasteiger partial charge in [0.05, 0.1) is 24.4 Å². The number of fused-ring (bicyclic) bond motifs is 1. The fourth-order valence-electron chi connectivity index (χ4n) is 2.99. The number of para-hydroxylation sites is 1. The molecule has 1 N–H and O–H groups in total. The highest BCUT2D eigenvalue weighted by molar-refractivity contribution is 7.21. The Hall–Kier alpha value is -3.92. The lowest BCUT2D eigenvalue weighted by Crippen LogP contribution is -2.35. The van der Waals surface area contributed by atoms with Crippen LogP contribution in [0.4, 0.5) is 8.78 Å². The molecule has 33 heavy (non-hydrogen) atoms. The average Bonchev–Trinajstić information content (AvgIpc) is 3.23. The highest BCUT2D eigenvalue weighted by Crippen LogP contribution is 2.45. The third-order valence-corrected chi connectivity index (χ3v) is 5.59. The lowest BCUT2D eigenvalue weighted by atomic mass is 10.2. The Morgan fingerprint density at radius 3 is 2.24 bits per heavy atom. The Morgan fingerprint density at radius 1 is 0.970 bits per heavy atom. The number of rotatable bonds is 8. The minimum atomic E-state index is -4.47. The number of ether oxygens (including phenoxy) is 4. The monoisotopic (exact) mass is 473 g/mol. The van der Waals surface area contributed by atoms with E-state index in [9.17, 15) is 13.6 Å². The zero-order chi connectivity index (χ0) is 23.6. The Labute approximate surface area is 190 Å². The van der Waals surface area contributed by atoms with E-state index in [0.717, 1.165) is 4.70 Å². The average molecular weight is 473 g/mol. The van der Waals surface area contributed by atoms with Gasteiger partial charge in [-0.1, -0.05) is 18.2 Å². The van der Waals surface area contributed by atoms with Crippen LogP contribution in [0.1, 0.15) is 0 Å². The number of methoxy groups -OCH3 is 2. The van der Waals surface area contributed by atoms with Crippen molar-refractivity contribution in [2.24, 2.45) is 0 Å². The van der Waals surface area contributed by atoms with Crippen LogP contribution in [0.15, 0.2) is 60.7 Å². The summed E-state index contributed by atoms with van der Waals surface area (Å²) in [6, 6.07) is 17.6. The Balaban J connectivity index is 1.70. The van der Waals surface area contributed by atoms with Crippen molar-refractivity contribution in [3.05, 3.63) is 60.7 Å². The summed E-state index contributed by atoms with van der Waals surface area (Å²) >= 11 is 1.35. The van der Waals surface area contributed by atoms with Crippen molar-refractivity contribution in [1.82, 2.24) is 4.98 Å². The standard InChI is InChI=1S/C23H17F2NO6S/c1-29-17-10-13(11-18(30-2)20(17)32-23(24,25)22(27)28)21-26-16-9-8-15(12-19(16)33-21)31-14-6-4-3-5-7-14/h3-12H,1-2H3,(H,27,28). The molecule has 0 atom stereocenters. The van der Waals surface area contributed by atoms with Gasteiger partial charge in [-0.3, -0.25) is 0 Å². The maximum atomic E-state index is 13.7. The summed E-state index contributed by atoms with van der Waals surface area (Å²) in [6.45, 7) is 0. The molecule has 1 aromatic heterocycles. The molecule has 0 aliphatic rings. The second kappa shape index (κ2) is 8.91. The van der Waals surface area contributed by atoms with Gasteiger partial charge in [-0.05, 0) is 36.4 Å². The Bertz CT molecular complexity index is 1280. The number of aliphatic carboxylic acids is 1. The molecule has 10 heteroatoms. The van der Waals surface area contributed by atoms with E-state index in [4.69, 9.17) is 19.3 Å². The zero-order valence-electron chi connectivity index (χ0n) is 17.4. The number of carboxylic acid groups (broad SMARTS) is 1. The lowest BCUT2D eigenvalue weighted by molar-refractivity contribution is -0.211. The summed E-state index contributed by atoms with van der Waals surface area (Å²) in [5, 5.41) is 9.25. The van der Waals surface area contributed by atoms with Gasteiger partial charge in [0, 0.05) is 11.6 Å². The molecule has 7 nitrogen and oxygen atoms in total. The highest BCUT2D eigenvalue weighted by Gasteiger charge is 2.44. The number of hydrogen-bond donors (Lipinski definition) is 1. The van der Waals surface area contributed by atoms with E-state index in [1.807, 2.05) is 42.5 Å². The molecular weight excluding hydrogens is 456 g/mol. The second-order valence-corrected chi connectivity index (χ2v) is 7.73. The predicted molar refractivity (Wildman–Crippen MR) is 118 cm³/mol. The van der Waals surface area contributed by atoms with Crippen LogP contribution in [-0.2, 0) is 4.79 Å². The van der Waals surface area contributed by atoms with E-state index in [1.54, 1.807) is 6.07 Å². The molecule has 0 saturated heterocycles. The van der Waals surface area contributed by atoms with Gasteiger partial charge in [0.25, 0.3) is 0 Å². The van der Waals surface area contributed by atoms with Crippen molar-refractivity contribution < 1.29 is 37.6 Å². The van der Waals surface area contributed by atoms with Crippen molar-refractivity contribution in [2.45, 2.75) is 6.11 Å². The first-order valence-corrected chi connectivity index (χ1v) is 10.3. The summed E-state index contributed by atoms with van der Waals surface area (Å²) in [4.78, 5) is 15.4. The molecule has 170 valence electrons. The SMILES string of the molecule is COc1cc(-c2nc3ccc(Oc4ccccc4)cc3s2)cc(OC)c1OC(F)(F)C(=O)O. The molecule has 0 aliphatic heterocycles. The second-order valence-electron chi connectivity index (χ2n) is 6.70. The van der Waals surface area contributed by atoms with Gasteiger partial charge in [0.2, 0.25) is 5.75 Å². The molecule has 4 rings (SSSR count). The van der Waals surface area contributed by atoms with Gasteiger partial charge >= 0.3 is 12.1 Å². The number of thiazole rings is 1. The van der Waals surface area contributed by atoms with Crippen LogP contribution in [0, 0.1) is 0 Å². The number of halogens is 2. The van der Waals surface area contributed by atoms with Gasteiger partial charge in [-0.15, -0.1) is 11.3 Å². The molecule has 4 aromatic rings. The first-order valence-electron chi connectivity index (χ1n) is 9.51. The molecule has 0 saturated carbocycles. The fraction of sp³-hybridized carbons (Fsp3) is 0.130. The molecule has 3 aromatic carbocycles. The van der Waals surface area contributed by atoms with Crippen LogP contribution < -0.4 is 18.9 Å². The maximum Gasteiger partial charge on any atom is 0.502 e. The molecule has 0 unspecified atom stereocenters. The maximum absolute atomic E-state index is 13.7. The molecule has 0 fully saturated rings. The summed E-state index contributed by atoms with van der Waals surface area (Å²) < 4.78 is 48.8. The number of nitrogens with zero attached hydrogens (tertiary/aromatic N) is 1. The summed E-state index contributed by atoms with van der Waals surface area (Å²) in [5.41, 5.74) is 1.23. The van der Waals surface area contributed by atoms with E-state index >= 15 is 0 Å². The normalized spacial score (nSPS) is 11.3. The van der Waals surface area contributed by atoms with Gasteiger partial charge in [-0.2, -0.15) is 8.78 Å². The Kier molecular flexibility index (Phi) is 6.01. The van der Waals surface area contributed by atoms with Gasteiger partial charge < -0.3 is 24.1 Å². The van der Waals surface area contributed by atoms with Gasteiger partial charge in [-0.25, -0.2) is 9.78 Å². The van der Waals surface area contributed by atoms with Crippen LogP contribution in [0.25, 0.3) is 20.8 Å². The van der Waals surface area contributed by atoms with Crippen molar-refractivity contribution in [2.75, 3.05) is 14.2 Å². The zero-order valence-corrected chi connectivity index (χ0v) is 18.2. The summed E-state index contributed by atoms with van der Waals surface area (Å²) in [7, 11) is 2.49. The van der Waals surface area contributed by atoms with E-state index in [1.165, 1.54) is 37.7 Å².